The lowest BCUT2D eigenvalue weighted by Crippen LogP contribution is -2.31. The zero-order valence-corrected chi connectivity index (χ0v) is 14.8. The zero-order chi connectivity index (χ0) is 17.6. The van der Waals surface area contributed by atoms with E-state index in [2.05, 4.69) is 24.8 Å². The Bertz CT molecular complexity index is 715. The van der Waals surface area contributed by atoms with Gasteiger partial charge in [0.15, 0.2) is 0 Å². The van der Waals surface area contributed by atoms with Crippen LogP contribution in [0, 0.1) is 5.92 Å². The van der Waals surface area contributed by atoms with Gasteiger partial charge in [-0.25, -0.2) is 4.98 Å². The number of aromatic nitrogens is 3. The molecule has 1 fully saturated rings. The molecule has 0 spiro atoms. The summed E-state index contributed by atoms with van der Waals surface area (Å²) >= 11 is 0. The molecule has 1 aliphatic rings. The van der Waals surface area contributed by atoms with Crippen molar-refractivity contribution in [2.45, 2.75) is 13.0 Å². The first kappa shape index (κ1) is 17.6. The first-order valence-corrected chi connectivity index (χ1v) is 8.58. The van der Waals surface area contributed by atoms with Crippen molar-refractivity contribution in [2.24, 2.45) is 13.0 Å². The van der Waals surface area contributed by atoms with E-state index in [0.717, 1.165) is 38.4 Å². The number of hydrogen-bond donors (Lipinski definition) is 1. The third-order valence-corrected chi connectivity index (χ3v) is 4.53. The van der Waals surface area contributed by atoms with Crippen LogP contribution in [0.1, 0.15) is 21.7 Å². The number of carbonyl (C=O) groups is 1. The number of carbonyl (C=O) groups excluding carboxylic acids is 1. The minimum Gasteiger partial charge on any atom is -0.380 e. The Morgan fingerprint density at radius 1 is 1.48 bits per heavy atom. The second kappa shape index (κ2) is 8.22. The first-order valence-electron chi connectivity index (χ1n) is 8.58. The highest BCUT2D eigenvalue weighted by molar-refractivity contribution is 5.93. The minimum atomic E-state index is -0.0846. The number of nitrogens with one attached hydrogen (secondary N) is 1. The molecule has 0 radical (unpaired) electrons. The number of hydrogen-bond acceptors (Lipinski definition) is 5. The van der Waals surface area contributed by atoms with Crippen LogP contribution in [0.15, 0.2) is 30.9 Å². The van der Waals surface area contributed by atoms with Crippen LogP contribution in [-0.2, 0) is 24.8 Å². The molecule has 0 aromatic carbocycles. The Morgan fingerprint density at radius 3 is 3.12 bits per heavy atom. The van der Waals surface area contributed by atoms with Crippen molar-refractivity contribution < 1.29 is 9.53 Å². The lowest BCUT2D eigenvalue weighted by molar-refractivity contribution is 0.0962. The van der Waals surface area contributed by atoms with Gasteiger partial charge in [-0.15, -0.1) is 0 Å². The van der Waals surface area contributed by atoms with E-state index in [-0.39, 0.29) is 5.91 Å². The van der Waals surface area contributed by atoms with Crippen LogP contribution >= 0.6 is 0 Å². The van der Waals surface area contributed by atoms with E-state index in [1.54, 1.807) is 19.3 Å². The summed E-state index contributed by atoms with van der Waals surface area (Å²) in [6.07, 6.45) is 6.24. The number of nitrogens with zero attached hydrogens (tertiary/aromatic N) is 4. The molecule has 134 valence electrons. The van der Waals surface area contributed by atoms with Crippen LogP contribution in [0.4, 0.5) is 0 Å². The summed E-state index contributed by atoms with van der Waals surface area (Å²) in [6, 6.07) is 3.61. The van der Waals surface area contributed by atoms with Gasteiger partial charge in [0.1, 0.15) is 0 Å². The molecule has 2 aromatic heterocycles. The van der Waals surface area contributed by atoms with Gasteiger partial charge in [0.05, 0.1) is 25.2 Å². The largest absolute Gasteiger partial charge is 0.380 e. The van der Waals surface area contributed by atoms with Crippen LogP contribution < -0.4 is 5.32 Å². The van der Waals surface area contributed by atoms with Crippen LogP contribution in [0.2, 0.25) is 0 Å². The van der Waals surface area contributed by atoms with Crippen molar-refractivity contribution in [3.8, 4) is 0 Å². The zero-order valence-electron chi connectivity index (χ0n) is 14.8. The van der Waals surface area contributed by atoms with Gasteiger partial charge >= 0.3 is 0 Å². The van der Waals surface area contributed by atoms with E-state index in [9.17, 15) is 4.79 Å². The van der Waals surface area contributed by atoms with Crippen LogP contribution in [0.25, 0.3) is 0 Å². The van der Waals surface area contributed by atoms with Gasteiger partial charge < -0.3 is 14.6 Å². The molecule has 1 amide bonds. The minimum absolute atomic E-state index is 0.0846. The molecule has 2 aromatic rings. The van der Waals surface area contributed by atoms with Gasteiger partial charge in [0, 0.05) is 63.3 Å². The number of aryl methyl sites for hydroxylation is 1. The molecule has 0 saturated carbocycles. The molecule has 0 unspecified atom stereocenters. The van der Waals surface area contributed by atoms with Crippen LogP contribution in [0.3, 0.4) is 0 Å². The Balaban J connectivity index is 1.65. The summed E-state index contributed by atoms with van der Waals surface area (Å²) in [7, 11) is 3.65. The molecule has 0 aliphatic carbocycles. The van der Waals surface area contributed by atoms with E-state index in [0.29, 0.717) is 18.1 Å². The SMILES string of the molecule is CNC(=O)c1ccnc(C[C@H]2COCCN(Cc3cncn3C)C2)c1. The third kappa shape index (κ3) is 4.64. The van der Waals surface area contributed by atoms with E-state index < -0.39 is 0 Å². The highest BCUT2D eigenvalue weighted by Crippen LogP contribution is 2.15. The van der Waals surface area contributed by atoms with Gasteiger partial charge in [-0.3, -0.25) is 14.7 Å². The third-order valence-electron chi connectivity index (χ3n) is 4.53. The molecule has 1 N–H and O–H groups in total. The molecule has 3 rings (SSSR count). The summed E-state index contributed by atoms with van der Waals surface area (Å²) in [4.78, 5) is 22.8. The van der Waals surface area contributed by atoms with E-state index in [1.807, 2.05) is 25.6 Å². The molecule has 0 bridgehead atoms. The smallest absolute Gasteiger partial charge is 0.251 e. The Hall–Kier alpha value is -2.25. The molecule has 7 nitrogen and oxygen atoms in total. The number of imidazole rings is 1. The standard InChI is InChI=1S/C18H25N5O2/c1-19-18(24)15-3-4-21-16(8-15)7-14-10-23(5-6-25-12-14)11-17-9-20-13-22(17)2/h3-4,8-9,13-14H,5-7,10-12H2,1-2H3,(H,19,24)/t14-/m1/s1. The molecule has 3 heterocycles. The van der Waals surface area contributed by atoms with Gasteiger partial charge in [-0.2, -0.15) is 0 Å². The average molecular weight is 343 g/mol. The monoisotopic (exact) mass is 343 g/mol. The number of ether oxygens (including phenoxy) is 1. The second-order valence-electron chi connectivity index (χ2n) is 6.49. The molecule has 1 atom stereocenters. The van der Waals surface area contributed by atoms with Crippen molar-refractivity contribution in [3.05, 3.63) is 47.8 Å². The number of pyridine rings is 1. The van der Waals surface area contributed by atoms with Gasteiger partial charge in [0.2, 0.25) is 0 Å². The van der Waals surface area contributed by atoms with Crippen molar-refractivity contribution >= 4 is 5.91 Å². The van der Waals surface area contributed by atoms with E-state index in [4.69, 9.17) is 4.74 Å². The Labute approximate surface area is 148 Å². The maximum Gasteiger partial charge on any atom is 0.251 e. The fourth-order valence-electron chi connectivity index (χ4n) is 3.16. The molecule has 7 heteroatoms. The fraction of sp³-hybridized carbons (Fsp3) is 0.500. The predicted molar refractivity (Wildman–Crippen MR) is 94.1 cm³/mol. The number of amides is 1. The van der Waals surface area contributed by atoms with Crippen molar-refractivity contribution in [1.82, 2.24) is 24.8 Å². The molecular weight excluding hydrogens is 318 g/mol. The quantitative estimate of drug-likeness (QED) is 0.872. The Morgan fingerprint density at radius 2 is 2.36 bits per heavy atom. The normalized spacial score (nSPS) is 18.7. The molecule has 1 saturated heterocycles. The van der Waals surface area contributed by atoms with Crippen molar-refractivity contribution in [3.63, 3.8) is 0 Å². The lowest BCUT2D eigenvalue weighted by Gasteiger charge is -2.23. The number of rotatable bonds is 5. The van der Waals surface area contributed by atoms with Gasteiger partial charge in [-0.1, -0.05) is 0 Å². The summed E-state index contributed by atoms with van der Waals surface area (Å²) < 4.78 is 7.84. The average Bonchev–Trinajstić information content (AvgIpc) is 2.89. The maximum atomic E-state index is 11.8. The lowest BCUT2D eigenvalue weighted by atomic mass is 10.0. The molecule has 1 aliphatic heterocycles. The highest BCUT2D eigenvalue weighted by atomic mass is 16.5. The fourth-order valence-corrected chi connectivity index (χ4v) is 3.16. The van der Waals surface area contributed by atoms with Crippen LogP contribution in [0.5, 0.6) is 0 Å². The van der Waals surface area contributed by atoms with Crippen LogP contribution in [-0.4, -0.2) is 58.7 Å². The van der Waals surface area contributed by atoms with Gasteiger partial charge in [0.25, 0.3) is 5.91 Å². The van der Waals surface area contributed by atoms with Gasteiger partial charge in [-0.05, 0) is 18.6 Å². The topological polar surface area (TPSA) is 72.3 Å². The summed E-state index contributed by atoms with van der Waals surface area (Å²) in [5, 5.41) is 2.65. The van der Waals surface area contributed by atoms with Crippen molar-refractivity contribution in [1.29, 1.82) is 0 Å². The summed E-state index contributed by atoms with van der Waals surface area (Å²) in [6.45, 7) is 4.17. The highest BCUT2D eigenvalue weighted by Gasteiger charge is 2.21. The maximum absolute atomic E-state index is 11.8. The predicted octanol–water partition coefficient (Wildman–Crippen LogP) is 0.866. The molecular formula is C18H25N5O2. The van der Waals surface area contributed by atoms with Crippen molar-refractivity contribution in [2.75, 3.05) is 33.4 Å². The van der Waals surface area contributed by atoms with E-state index in [1.165, 1.54) is 5.69 Å². The second-order valence-corrected chi connectivity index (χ2v) is 6.49. The van der Waals surface area contributed by atoms with E-state index >= 15 is 0 Å². The Kier molecular flexibility index (Phi) is 5.78. The summed E-state index contributed by atoms with van der Waals surface area (Å²) in [5.74, 6) is 0.266. The molecule has 25 heavy (non-hydrogen) atoms. The summed E-state index contributed by atoms with van der Waals surface area (Å²) in [5.41, 5.74) is 2.77. The first-order chi connectivity index (χ1) is 12.2.